The Labute approximate surface area is 130 Å². The molecule has 1 aromatic heterocycles. The summed E-state index contributed by atoms with van der Waals surface area (Å²) in [7, 11) is 1.33. The van der Waals surface area contributed by atoms with E-state index in [-0.39, 0.29) is 5.92 Å². The lowest BCUT2D eigenvalue weighted by atomic mass is 9.98. The maximum Gasteiger partial charge on any atom is 0.411 e. The van der Waals surface area contributed by atoms with Crippen molar-refractivity contribution in [3.8, 4) is 0 Å². The largest absolute Gasteiger partial charge is 0.467 e. The molecule has 0 radical (unpaired) electrons. The predicted molar refractivity (Wildman–Crippen MR) is 80.3 cm³/mol. The summed E-state index contributed by atoms with van der Waals surface area (Å²) >= 11 is 0. The molecule has 1 amide bonds. The molecule has 2 rings (SSSR count). The smallest absolute Gasteiger partial charge is 0.411 e. The van der Waals surface area contributed by atoms with Gasteiger partial charge in [-0.05, 0) is 38.8 Å². The molecule has 0 spiro atoms. The van der Waals surface area contributed by atoms with Crippen LogP contribution in [0.1, 0.15) is 38.7 Å². The fourth-order valence-corrected chi connectivity index (χ4v) is 2.58. The number of rotatable bonds is 2. The molecule has 1 fully saturated rings. The maximum absolute atomic E-state index is 12.3. The van der Waals surface area contributed by atoms with Gasteiger partial charge in [0.05, 0.1) is 7.11 Å². The Bertz CT molecular complexity index is 539. The summed E-state index contributed by atoms with van der Waals surface area (Å²) in [6.45, 7) is 5.81. The zero-order valence-corrected chi connectivity index (χ0v) is 13.4. The number of hydrogen-bond acceptors (Lipinski definition) is 5. The van der Waals surface area contributed by atoms with Crippen LogP contribution in [-0.4, -0.2) is 47.2 Å². The summed E-state index contributed by atoms with van der Waals surface area (Å²) in [5, 5.41) is 0. The van der Waals surface area contributed by atoms with Gasteiger partial charge in [-0.1, -0.05) is 6.07 Å². The van der Waals surface area contributed by atoms with Crippen molar-refractivity contribution in [1.82, 2.24) is 9.88 Å². The van der Waals surface area contributed by atoms with E-state index in [1.54, 1.807) is 33.2 Å². The van der Waals surface area contributed by atoms with Gasteiger partial charge in [0.15, 0.2) is 0 Å². The number of amides is 1. The summed E-state index contributed by atoms with van der Waals surface area (Å²) < 4.78 is 10.2. The molecule has 0 bridgehead atoms. The fraction of sp³-hybridized carbons (Fsp3) is 0.562. The van der Waals surface area contributed by atoms with Crippen molar-refractivity contribution in [2.45, 2.75) is 44.8 Å². The van der Waals surface area contributed by atoms with Crippen molar-refractivity contribution in [3.63, 3.8) is 0 Å². The van der Waals surface area contributed by atoms with Crippen LogP contribution in [0, 0.1) is 0 Å². The highest BCUT2D eigenvalue weighted by molar-refractivity contribution is 5.82. The lowest BCUT2D eigenvalue weighted by Crippen LogP contribution is -2.43. The monoisotopic (exact) mass is 306 g/mol. The highest BCUT2D eigenvalue weighted by atomic mass is 16.6. The SMILES string of the molecule is COC(=O)[C@@H]1CC(c2cccnc2)CN1C(=O)OC(C)(C)C. The number of pyridine rings is 1. The summed E-state index contributed by atoms with van der Waals surface area (Å²) in [6, 6.07) is 3.17. The van der Waals surface area contributed by atoms with Crippen LogP contribution in [0.4, 0.5) is 4.79 Å². The van der Waals surface area contributed by atoms with E-state index >= 15 is 0 Å². The van der Waals surface area contributed by atoms with Crippen molar-refractivity contribution in [3.05, 3.63) is 30.1 Å². The van der Waals surface area contributed by atoms with Gasteiger partial charge in [0, 0.05) is 24.9 Å². The zero-order valence-electron chi connectivity index (χ0n) is 13.4. The molecule has 22 heavy (non-hydrogen) atoms. The van der Waals surface area contributed by atoms with Gasteiger partial charge < -0.3 is 9.47 Å². The normalized spacial score (nSPS) is 21.5. The Morgan fingerprint density at radius 3 is 2.64 bits per heavy atom. The minimum atomic E-state index is -0.620. The number of nitrogens with zero attached hydrogens (tertiary/aromatic N) is 2. The van der Waals surface area contributed by atoms with Crippen molar-refractivity contribution >= 4 is 12.1 Å². The van der Waals surface area contributed by atoms with Crippen molar-refractivity contribution in [2.75, 3.05) is 13.7 Å². The second kappa shape index (κ2) is 6.34. The van der Waals surface area contributed by atoms with E-state index in [0.29, 0.717) is 13.0 Å². The molecule has 6 heteroatoms. The van der Waals surface area contributed by atoms with E-state index < -0.39 is 23.7 Å². The molecule has 1 aromatic rings. The Morgan fingerprint density at radius 2 is 2.09 bits per heavy atom. The van der Waals surface area contributed by atoms with Crippen LogP contribution < -0.4 is 0 Å². The third-order valence-electron chi connectivity index (χ3n) is 3.56. The van der Waals surface area contributed by atoms with Gasteiger partial charge in [-0.25, -0.2) is 9.59 Å². The van der Waals surface area contributed by atoms with Gasteiger partial charge in [-0.15, -0.1) is 0 Å². The molecule has 6 nitrogen and oxygen atoms in total. The van der Waals surface area contributed by atoms with E-state index in [2.05, 4.69) is 4.98 Å². The van der Waals surface area contributed by atoms with Crippen molar-refractivity contribution < 1.29 is 19.1 Å². The summed E-state index contributed by atoms with van der Waals surface area (Å²) in [5.41, 5.74) is 0.395. The number of ether oxygens (including phenoxy) is 2. The Kier molecular flexibility index (Phi) is 4.68. The average Bonchev–Trinajstić information content (AvgIpc) is 2.91. The Morgan fingerprint density at radius 1 is 1.36 bits per heavy atom. The second-order valence-electron chi connectivity index (χ2n) is 6.39. The first-order chi connectivity index (χ1) is 10.3. The molecule has 0 saturated carbocycles. The van der Waals surface area contributed by atoms with Crippen molar-refractivity contribution in [2.24, 2.45) is 0 Å². The third-order valence-corrected chi connectivity index (χ3v) is 3.56. The van der Waals surface area contributed by atoms with E-state index in [1.165, 1.54) is 12.0 Å². The quantitative estimate of drug-likeness (QED) is 0.785. The molecular weight excluding hydrogens is 284 g/mol. The third kappa shape index (κ3) is 3.75. The Hall–Kier alpha value is -2.11. The highest BCUT2D eigenvalue weighted by Crippen LogP contribution is 2.33. The topological polar surface area (TPSA) is 68.7 Å². The van der Waals surface area contributed by atoms with Gasteiger partial charge in [-0.2, -0.15) is 0 Å². The van der Waals surface area contributed by atoms with Gasteiger partial charge in [0.1, 0.15) is 11.6 Å². The predicted octanol–water partition coefficient (Wildman–Crippen LogP) is 2.35. The maximum atomic E-state index is 12.3. The minimum Gasteiger partial charge on any atom is -0.467 e. The van der Waals surface area contributed by atoms with Crippen LogP contribution >= 0.6 is 0 Å². The number of carbonyl (C=O) groups is 2. The second-order valence-corrected chi connectivity index (χ2v) is 6.39. The van der Waals surface area contributed by atoms with E-state index in [9.17, 15) is 9.59 Å². The summed E-state index contributed by atoms with van der Waals surface area (Å²) in [5.74, 6) is -0.373. The molecule has 1 aliphatic rings. The molecule has 0 aliphatic carbocycles. The van der Waals surface area contributed by atoms with Gasteiger partial charge >= 0.3 is 12.1 Å². The number of carbonyl (C=O) groups excluding carboxylic acids is 2. The number of aromatic nitrogens is 1. The van der Waals surface area contributed by atoms with Crippen molar-refractivity contribution in [1.29, 1.82) is 0 Å². The molecule has 2 heterocycles. The van der Waals surface area contributed by atoms with E-state index in [1.807, 2.05) is 12.1 Å². The van der Waals surface area contributed by atoms with Crippen LogP contribution in [0.5, 0.6) is 0 Å². The van der Waals surface area contributed by atoms with Crippen LogP contribution in [-0.2, 0) is 14.3 Å². The summed E-state index contributed by atoms with van der Waals surface area (Å²) in [6.07, 6.45) is 3.48. The molecule has 0 aromatic carbocycles. The molecule has 2 atom stereocenters. The molecular formula is C16H22N2O4. The number of esters is 1. The number of hydrogen-bond donors (Lipinski definition) is 0. The van der Waals surface area contributed by atoms with Gasteiger partial charge in [-0.3, -0.25) is 9.88 Å². The molecule has 1 saturated heterocycles. The van der Waals surface area contributed by atoms with Crippen LogP contribution in [0.25, 0.3) is 0 Å². The average molecular weight is 306 g/mol. The Balaban J connectivity index is 2.19. The van der Waals surface area contributed by atoms with Gasteiger partial charge in [0.2, 0.25) is 0 Å². The first kappa shape index (κ1) is 16.3. The minimum absolute atomic E-state index is 0.0466. The lowest BCUT2D eigenvalue weighted by molar-refractivity contribution is -0.145. The van der Waals surface area contributed by atoms with Gasteiger partial charge in [0.25, 0.3) is 0 Å². The fourth-order valence-electron chi connectivity index (χ4n) is 2.58. The highest BCUT2D eigenvalue weighted by Gasteiger charge is 2.42. The number of likely N-dealkylation sites (tertiary alicyclic amines) is 1. The number of methoxy groups -OCH3 is 1. The zero-order chi connectivity index (χ0) is 16.3. The first-order valence-corrected chi connectivity index (χ1v) is 7.29. The van der Waals surface area contributed by atoms with Crippen LogP contribution in [0.3, 0.4) is 0 Å². The van der Waals surface area contributed by atoms with E-state index in [4.69, 9.17) is 9.47 Å². The lowest BCUT2D eigenvalue weighted by Gasteiger charge is -2.27. The molecule has 1 aliphatic heterocycles. The molecule has 0 N–H and O–H groups in total. The first-order valence-electron chi connectivity index (χ1n) is 7.29. The molecule has 120 valence electrons. The standard InChI is InChI=1S/C16H22N2O4/c1-16(2,3)22-15(20)18-10-12(8-13(18)14(19)21-4)11-6-5-7-17-9-11/h5-7,9,12-13H,8,10H2,1-4H3/t12?,13-/m0/s1. The summed E-state index contributed by atoms with van der Waals surface area (Å²) in [4.78, 5) is 29.9. The van der Waals surface area contributed by atoms with Crippen LogP contribution in [0.15, 0.2) is 24.5 Å². The van der Waals surface area contributed by atoms with Crippen LogP contribution in [0.2, 0.25) is 0 Å². The van der Waals surface area contributed by atoms with E-state index in [0.717, 1.165) is 5.56 Å². The molecule has 1 unspecified atom stereocenters.